The summed E-state index contributed by atoms with van der Waals surface area (Å²) in [5.74, 6) is 0.283. The van der Waals surface area contributed by atoms with Crippen molar-refractivity contribution in [3.05, 3.63) is 80.5 Å². The standard InChI is InChI=1S/C28H33N3O5/c1-36-27(34)22-11-12-23-24(19-22)29-28(35)31(26(23)33)15-7-3-6-10-25(32)30-16-13-21(14-17-30)18-20-8-4-2-5-9-20/h2,4-5,8-9,11-12,19,21H,3,6-7,10,13-18H2,1H3,(H,29,35). The van der Waals surface area contributed by atoms with E-state index in [2.05, 4.69) is 34.0 Å². The number of aromatic amines is 1. The van der Waals surface area contributed by atoms with Gasteiger partial charge in [-0.05, 0) is 61.8 Å². The lowest BCUT2D eigenvalue weighted by Gasteiger charge is -2.32. The Labute approximate surface area is 209 Å². The fourth-order valence-electron chi connectivity index (χ4n) is 4.92. The number of ether oxygens (including phenoxy) is 1. The summed E-state index contributed by atoms with van der Waals surface area (Å²) in [4.78, 5) is 54.2. The Hall–Kier alpha value is -3.68. The van der Waals surface area contributed by atoms with Crippen LogP contribution in [0.5, 0.6) is 0 Å². The number of hydrogen-bond donors (Lipinski definition) is 1. The summed E-state index contributed by atoms with van der Waals surface area (Å²) in [6.45, 7) is 1.91. The van der Waals surface area contributed by atoms with E-state index in [9.17, 15) is 19.2 Å². The van der Waals surface area contributed by atoms with Crippen LogP contribution in [0.1, 0.15) is 54.4 Å². The number of carbonyl (C=O) groups is 2. The van der Waals surface area contributed by atoms with Gasteiger partial charge in [-0.25, -0.2) is 9.59 Å². The van der Waals surface area contributed by atoms with Crippen LogP contribution < -0.4 is 11.2 Å². The van der Waals surface area contributed by atoms with Gasteiger partial charge in [0.05, 0.1) is 23.6 Å². The fraction of sp³-hybridized carbons (Fsp3) is 0.429. The average molecular weight is 492 g/mol. The van der Waals surface area contributed by atoms with Gasteiger partial charge in [-0.2, -0.15) is 0 Å². The van der Waals surface area contributed by atoms with Crippen LogP contribution in [0.2, 0.25) is 0 Å². The van der Waals surface area contributed by atoms with E-state index >= 15 is 0 Å². The van der Waals surface area contributed by atoms with Gasteiger partial charge >= 0.3 is 11.7 Å². The van der Waals surface area contributed by atoms with Crippen molar-refractivity contribution in [2.24, 2.45) is 5.92 Å². The number of piperidine rings is 1. The molecule has 8 heteroatoms. The van der Waals surface area contributed by atoms with Crippen LogP contribution in [0.15, 0.2) is 58.1 Å². The first-order valence-corrected chi connectivity index (χ1v) is 12.6. The predicted octanol–water partition coefficient (Wildman–Crippen LogP) is 3.52. The van der Waals surface area contributed by atoms with Gasteiger partial charge in [0, 0.05) is 26.1 Å². The lowest BCUT2D eigenvalue weighted by atomic mass is 9.90. The molecule has 190 valence electrons. The maximum Gasteiger partial charge on any atom is 0.337 e. The van der Waals surface area contributed by atoms with Gasteiger partial charge in [-0.15, -0.1) is 0 Å². The second-order valence-electron chi connectivity index (χ2n) is 9.46. The molecule has 3 aromatic rings. The molecule has 0 bridgehead atoms. The molecular weight excluding hydrogens is 458 g/mol. The number of esters is 1. The largest absolute Gasteiger partial charge is 0.465 e. The number of methoxy groups -OCH3 is 1. The number of amides is 1. The molecule has 1 aliphatic rings. The maximum atomic E-state index is 12.8. The van der Waals surface area contributed by atoms with Gasteiger partial charge < -0.3 is 14.6 Å². The molecule has 0 aliphatic carbocycles. The molecule has 0 unspecified atom stereocenters. The average Bonchev–Trinajstić information content (AvgIpc) is 2.90. The van der Waals surface area contributed by atoms with E-state index < -0.39 is 11.7 Å². The number of nitrogens with one attached hydrogen (secondary N) is 1. The highest BCUT2D eigenvalue weighted by Crippen LogP contribution is 2.22. The summed E-state index contributed by atoms with van der Waals surface area (Å²) >= 11 is 0. The quantitative estimate of drug-likeness (QED) is 0.365. The first kappa shape index (κ1) is 25.4. The van der Waals surface area contributed by atoms with Crippen molar-refractivity contribution >= 4 is 22.8 Å². The minimum Gasteiger partial charge on any atom is -0.465 e. The molecule has 0 spiro atoms. The summed E-state index contributed by atoms with van der Waals surface area (Å²) in [6.07, 6.45) is 5.74. The molecule has 2 aromatic carbocycles. The van der Waals surface area contributed by atoms with Crippen molar-refractivity contribution in [1.82, 2.24) is 14.5 Å². The molecule has 0 saturated carbocycles. The van der Waals surface area contributed by atoms with Crippen LogP contribution in [0.4, 0.5) is 0 Å². The highest BCUT2D eigenvalue weighted by Gasteiger charge is 2.22. The number of benzene rings is 2. The molecule has 36 heavy (non-hydrogen) atoms. The number of fused-ring (bicyclic) bond motifs is 1. The first-order valence-electron chi connectivity index (χ1n) is 12.6. The molecule has 8 nitrogen and oxygen atoms in total. The molecule has 1 aliphatic heterocycles. The van der Waals surface area contributed by atoms with Crippen LogP contribution in [0, 0.1) is 5.92 Å². The molecule has 1 fully saturated rings. The SMILES string of the molecule is COC(=O)c1ccc2c(=O)n(CCCCCC(=O)N3CCC(Cc4ccccc4)CC3)c(=O)[nH]c2c1. The van der Waals surface area contributed by atoms with Crippen LogP contribution in [0.3, 0.4) is 0 Å². The zero-order chi connectivity index (χ0) is 25.5. The highest BCUT2D eigenvalue weighted by atomic mass is 16.5. The van der Waals surface area contributed by atoms with Crippen molar-refractivity contribution in [2.75, 3.05) is 20.2 Å². The highest BCUT2D eigenvalue weighted by molar-refractivity contribution is 5.93. The van der Waals surface area contributed by atoms with Gasteiger partial charge in [0.25, 0.3) is 5.56 Å². The number of unbranched alkanes of at least 4 members (excludes halogenated alkanes) is 2. The second kappa shape index (κ2) is 11.8. The van der Waals surface area contributed by atoms with E-state index in [1.54, 1.807) is 0 Å². The third kappa shape index (κ3) is 6.11. The third-order valence-corrected chi connectivity index (χ3v) is 7.01. The zero-order valence-electron chi connectivity index (χ0n) is 20.7. The smallest absolute Gasteiger partial charge is 0.337 e. The predicted molar refractivity (Wildman–Crippen MR) is 138 cm³/mol. The van der Waals surface area contributed by atoms with Crippen LogP contribution >= 0.6 is 0 Å². The lowest BCUT2D eigenvalue weighted by molar-refractivity contribution is -0.132. The van der Waals surface area contributed by atoms with Gasteiger partial charge in [-0.3, -0.25) is 14.2 Å². The number of H-pyrrole nitrogens is 1. The Balaban J connectivity index is 1.22. The Bertz CT molecular complexity index is 1320. The summed E-state index contributed by atoms with van der Waals surface area (Å²) in [6, 6.07) is 15.0. The number of nitrogens with zero attached hydrogens (tertiary/aromatic N) is 2. The van der Waals surface area contributed by atoms with Crippen molar-refractivity contribution < 1.29 is 14.3 Å². The van der Waals surface area contributed by atoms with Crippen molar-refractivity contribution in [3.8, 4) is 0 Å². The molecule has 0 radical (unpaired) electrons. The first-order chi connectivity index (χ1) is 17.5. The topological polar surface area (TPSA) is 101 Å². The number of aromatic nitrogens is 2. The van der Waals surface area contributed by atoms with E-state index in [1.165, 1.54) is 35.4 Å². The zero-order valence-corrected chi connectivity index (χ0v) is 20.7. The fourth-order valence-corrected chi connectivity index (χ4v) is 4.92. The van der Waals surface area contributed by atoms with Gasteiger partial charge in [0.1, 0.15) is 0 Å². The number of likely N-dealkylation sites (tertiary alicyclic amines) is 1. The summed E-state index contributed by atoms with van der Waals surface area (Å²) in [7, 11) is 1.27. The number of hydrogen-bond acceptors (Lipinski definition) is 5. The van der Waals surface area contributed by atoms with E-state index in [0.29, 0.717) is 29.7 Å². The monoisotopic (exact) mass is 491 g/mol. The van der Waals surface area contributed by atoms with Crippen molar-refractivity contribution in [2.45, 2.75) is 51.5 Å². The molecule has 4 rings (SSSR count). The molecule has 1 saturated heterocycles. The molecule has 1 aromatic heterocycles. The van der Waals surface area contributed by atoms with Crippen molar-refractivity contribution in [3.63, 3.8) is 0 Å². The Morgan fingerprint density at radius 3 is 2.47 bits per heavy atom. The summed E-state index contributed by atoms with van der Waals surface area (Å²) < 4.78 is 5.87. The van der Waals surface area contributed by atoms with Gasteiger partial charge in [-0.1, -0.05) is 36.8 Å². The lowest BCUT2D eigenvalue weighted by Crippen LogP contribution is -2.38. The van der Waals surface area contributed by atoms with Crippen LogP contribution in [-0.2, 0) is 22.5 Å². The normalized spacial score (nSPS) is 14.2. The third-order valence-electron chi connectivity index (χ3n) is 7.01. The van der Waals surface area contributed by atoms with Gasteiger partial charge in [0.2, 0.25) is 5.91 Å². The van der Waals surface area contributed by atoms with Gasteiger partial charge in [0.15, 0.2) is 0 Å². The van der Waals surface area contributed by atoms with Crippen LogP contribution in [-0.4, -0.2) is 46.5 Å². The molecule has 1 N–H and O–H groups in total. The molecular formula is C28H33N3O5. The minimum absolute atomic E-state index is 0.190. The van der Waals surface area contributed by atoms with E-state index in [1.807, 2.05) is 11.0 Å². The number of rotatable bonds is 9. The molecule has 0 atom stereocenters. The number of carbonyl (C=O) groups excluding carboxylic acids is 2. The van der Waals surface area contributed by atoms with E-state index in [0.717, 1.165) is 45.2 Å². The Morgan fingerprint density at radius 2 is 1.75 bits per heavy atom. The second-order valence-corrected chi connectivity index (χ2v) is 9.46. The Morgan fingerprint density at radius 1 is 1.00 bits per heavy atom. The van der Waals surface area contributed by atoms with E-state index in [-0.39, 0.29) is 23.6 Å². The van der Waals surface area contributed by atoms with Crippen molar-refractivity contribution in [1.29, 1.82) is 0 Å². The summed E-state index contributed by atoms with van der Waals surface area (Å²) in [5.41, 5.74) is 1.03. The summed E-state index contributed by atoms with van der Waals surface area (Å²) in [5, 5.41) is 0.341. The Kier molecular flexibility index (Phi) is 8.36. The minimum atomic E-state index is -0.534. The molecule has 2 heterocycles. The maximum absolute atomic E-state index is 12.8. The molecule has 1 amide bonds. The van der Waals surface area contributed by atoms with Crippen LogP contribution in [0.25, 0.3) is 10.9 Å². The van der Waals surface area contributed by atoms with E-state index in [4.69, 9.17) is 0 Å².